The summed E-state index contributed by atoms with van der Waals surface area (Å²) < 4.78 is 37.4. The van der Waals surface area contributed by atoms with Crippen LogP contribution >= 0.6 is 23.2 Å². The Hall–Kier alpha value is -2.25. The maximum absolute atomic E-state index is 12.5. The van der Waals surface area contributed by atoms with Crippen molar-refractivity contribution in [2.75, 3.05) is 0 Å². The second-order valence-corrected chi connectivity index (χ2v) is 5.77. The van der Waals surface area contributed by atoms with E-state index >= 15 is 0 Å². The summed E-state index contributed by atoms with van der Waals surface area (Å²) in [5, 5.41) is 13.9. The van der Waals surface area contributed by atoms with Crippen LogP contribution in [-0.4, -0.2) is 17.2 Å². The van der Waals surface area contributed by atoms with Crippen LogP contribution in [0.5, 0.6) is 5.75 Å². The molecule has 0 bridgehead atoms. The fraction of sp³-hybridized carbons (Fsp3) is 0.125. The van der Waals surface area contributed by atoms with Crippen LogP contribution in [0.25, 0.3) is 0 Å². The van der Waals surface area contributed by atoms with Gasteiger partial charge < -0.3 is 5.11 Å². The maximum Gasteiger partial charge on any atom is 0.416 e. The predicted octanol–water partition coefficient (Wildman–Crippen LogP) is 4.68. The van der Waals surface area contributed by atoms with E-state index in [0.29, 0.717) is 10.6 Å². The first-order valence-electron chi connectivity index (χ1n) is 6.84. The number of phenols is 1. The molecule has 0 saturated carbocycles. The number of alkyl halides is 3. The van der Waals surface area contributed by atoms with Crippen LogP contribution in [0.3, 0.4) is 0 Å². The summed E-state index contributed by atoms with van der Waals surface area (Å²) in [7, 11) is 0. The molecule has 0 saturated heterocycles. The fourth-order valence-electron chi connectivity index (χ4n) is 1.90. The Labute approximate surface area is 150 Å². The Morgan fingerprint density at radius 3 is 2.44 bits per heavy atom. The summed E-state index contributed by atoms with van der Waals surface area (Å²) in [5.74, 6) is -0.815. The normalized spacial score (nSPS) is 11.7. The first-order chi connectivity index (χ1) is 11.7. The molecule has 1 amide bonds. The van der Waals surface area contributed by atoms with Crippen LogP contribution in [0.15, 0.2) is 41.5 Å². The van der Waals surface area contributed by atoms with Gasteiger partial charge in [0, 0.05) is 28.8 Å². The van der Waals surface area contributed by atoms with E-state index in [0.717, 1.165) is 24.3 Å². The molecule has 0 heterocycles. The van der Waals surface area contributed by atoms with Gasteiger partial charge in [0.15, 0.2) is 0 Å². The highest BCUT2D eigenvalue weighted by atomic mass is 35.5. The van der Waals surface area contributed by atoms with E-state index in [1.165, 1.54) is 18.3 Å². The zero-order chi connectivity index (χ0) is 18.6. The molecule has 0 atom stereocenters. The van der Waals surface area contributed by atoms with Crippen LogP contribution in [0, 0.1) is 0 Å². The molecule has 0 fully saturated rings. The smallest absolute Gasteiger partial charge is 0.416 e. The molecule has 2 rings (SSSR count). The molecule has 2 aromatic rings. The summed E-state index contributed by atoms with van der Waals surface area (Å²) in [6.45, 7) is 0. The van der Waals surface area contributed by atoms with E-state index in [4.69, 9.17) is 23.2 Å². The third kappa shape index (κ3) is 5.11. The molecule has 0 spiro atoms. The van der Waals surface area contributed by atoms with Crippen molar-refractivity contribution in [3.05, 3.63) is 63.1 Å². The summed E-state index contributed by atoms with van der Waals surface area (Å²) in [6, 6.07) is 6.60. The van der Waals surface area contributed by atoms with Gasteiger partial charge in [-0.3, -0.25) is 4.79 Å². The predicted molar refractivity (Wildman–Crippen MR) is 89.2 cm³/mol. The van der Waals surface area contributed by atoms with Gasteiger partial charge in [0.25, 0.3) is 5.91 Å². The largest absolute Gasteiger partial charge is 0.506 e. The van der Waals surface area contributed by atoms with E-state index in [-0.39, 0.29) is 22.8 Å². The monoisotopic (exact) mass is 390 g/mol. The average Bonchev–Trinajstić information content (AvgIpc) is 2.54. The zero-order valence-electron chi connectivity index (χ0n) is 12.4. The van der Waals surface area contributed by atoms with Crippen LogP contribution in [0.1, 0.15) is 21.5 Å². The number of hydrogen-bond acceptors (Lipinski definition) is 3. The van der Waals surface area contributed by atoms with Crippen molar-refractivity contribution < 1.29 is 23.1 Å². The Morgan fingerprint density at radius 1 is 1.20 bits per heavy atom. The molecular formula is C16H11Cl2F3N2O2. The van der Waals surface area contributed by atoms with Crippen molar-refractivity contribution >= 4 is 35.3 Å². The van der Waals surface area contributed by atoms with Crippen molar-refractivity contribution in [3.63, 3.8) is 0 Å². The van der Waals surface area contributed by atoms with Crippen molar-refractivity contribution in [1.82, 2.24) is 5.43 Å². The molecule has 0 aliphatic carbocycles. The molecule has 25 heavy (non-hydrogen) atoms. The van der Waals surface area contributed by atoms with Crippen molar-refractivity contribution in [1.29, 1.82) is 0 Å². The minimum atomic E-state index is -4.46. The maximum atomic E-state index is 12.5. The summed E-state index contributed by atoms with van der Waals surface area (Å²) in [5.41, 5.74) is 1.77. The lowest BCUT2D eigenvalue weighted by Gasteiger charge is -2.07. The lowest BCUT2D eigenvalue weighted by atomic mass is 10.1. The van der Waals surface area contributed by atoms with Gasteiger partial charge in [-0.25, -0.2) is 5.43 Å². The second-order valence-electron chi connectivity index (χ2n) is 4.93. The number of aromatic hydroxyl groups is 1. The molecular weight excluding hydrogens is 380 g/mol. The molecule has 0 aromatic heterocycles. The van der Waals surface area contributed by atoms with Gasteiger partial charge in [0.1, 0.15) is 5.75 Å². The fourth-order valence-corrected chi connectivity index (χ4v) is 2.43. The number of carbonyl (C=O) groups is 1. The highest BCUT2D eigenvalue weighted by molar-refractivity contribution is 6.35. The number of nitrogens with zero attached hydrogens (tertiary/aromatic N) is 1. The summed E-state index contributed by atoms with van der Waals surface area (Å²) in [6.07, 6.45) is -3.03. The van der Waals surface area contributed by atoms with Gasteiger partial charge in [-0.1, -0.05) is 23.2 Å². The highest BCUT2D eigenvalue weighted by Gasteiger charge is 2.30. The minimum absolute atomic E-state index is 0.0267. The average molecular weight is 391 g/mol. The number of benzene rings is 2. The van der Waals surface area contributed by atoms with E-state index in [1.54, 1.807) is 0 Å². The van der Waals surface area contributed by atoms with E-state index in [2.05, 4.69) is 10.5 Å². The summed E-state index contributed by atoms with van der Waals surface area (Å²) in [4.78, 5) is 11.8. The number of hydrogen-bond donors (Lipinski definition) is 2. The molecule has 4 nitrogen and oxygen atoms in total. The lowest BCUT2D eigenvalue weighted by molar-refractivity contribution is -0.137. The van der Waals surface area contributed by atoms with Gasteiger partial charge in [-0.05, 0) is 36.4 Å². The van der Waals surface area contributed by atoms with Gasteiger partial charge in [0.2, 0.25) is 0 Å². The van der Waals surface area contributed by atoms with Gasteiger partial charge >= 0.3 is 6.18 Å². The SMILES string of the molecule is O=C(NN=CCc1cc(Cl)cc(Cl)c1O)c1ccc(C(F)(F)F)cc1. The van der Waals surface area contributed by atoms with Crippen LogP contribution in [0.2, 0.25) is 10.0 Å². The molecule has 9 heteroatoms. The zero-order valence-corrected chi connectivity index (χ0v) is 14.0. The number of phenolic OH excluding ortho intramolecular Hbond substituents is 1. The number of rotatable bonds is 4. The highest BCUT2D eigenvalue weighted by Crippen LogP contribution is 2.31. The van der Waals surface area contributed by atoms with Crippen molar-refractivity contribution in [2.45, 2.75) is 12.6 Å². The van der Waals surface area contributed by atoms with Gasteiger partial charge in [-0.15, -0.1) is 0 Å². The number of carbonyl (C=O) groups excluding carboxylic acids is 1. The number of hydrazone groups is 1. The lowest BCUT2D eigenvalue weighted by Crippen LogP contribution is -2.18. The van der Waals surface area contributed by atoms with Crippen LogP contribution in [-0.2, 0) is 12.6 Å². The first-order valence-corrected chi connectivity index (χ1v) is 7.60. The topological polar surface area (TPSA) is 61.7 Å². The molecule has 0 aliphatic heterocycles. The van der Waals surface area contributed by atoms with Crippen LogP contribution in [0.4, 0.5) is 13.2 Å². The second kappa shape index (κ2) is 7.76. The first kappa shape index (κ1) is 19.1. The standard InChI is InChI=1S/C16H11Cl2F3N2O2/c17-12-7-10(14(24)13(18)8-12)5-6-22-23-15(25)9-1-3-11(4-2-9)16(19,20)21/h1-4,6-8,24H,5H2,(H,23,25). The van der Waals surface area contributed by atoms with E-state index in [1.807, 2.05) is 0 Å². The Morgan fingerprint density at radius 2 is 1.84 bits per heavy atom. The molecule has 132 valence electrons. The molecule has 0 radical (unpaired) electrons. The number of amides is 1. The van der Waals surface area contributed by atoms with Crippen molar-refractivity contribution in [2.24, 2.45) is 5.10 Å². The Balaban J connectivity index is 1.97. The van der Waals surface area contributed by atoms with Gasteiger partial charge in [-0.2, -0.15) is 18.3 Å². The third-order valence-corrected chi connectivity index (χ3v) is 3.66. The molecule has 0 aliphatic rings. The molecule has 2 aromatic carbocycles. The minimum Gasteiger partial charge on any atom is -0.506 e. The van der Waals surface area contributed by atoms with E-state index < -0.39 is 17.6 Å². The van der Waals surface area contributed by atoms with Crippen molar-refractivity contribution in [3.8, 4) is 5.75 Å². The number of halogens is 5. The third-order valence-electron chi connectivity index (χ3n) is 3.15. The Kier molecular flexibility index (Phi) is 5.92. The molecule has 2 N–H and O–H groups in total. The Bertz CT molecular complexity index is 806. The molecule has 0 unspecified atom stereocenters. The van der Waals surface area contributed by atoms with E-state index in [9.17, 15) is 23.1 Å². The number of nitrogens with one attached hydrogen (secondary N) is 1. The summed E-state index contributed by atoms with van der Waals surface area (Å²) >= 11 is 11.6. The van der Waals surface area contributed by atoms with Gasteiger partial charge in [0.05, 0.1) is 10.6 Å². The van der Waals surface area contributed by atoms with Crippen LogP contribution < -0.4 is 5.43 Å². The quantitative estimate of drug-likeness (QED) is 0.588.